The molecule has 0 atom stereocenters. The summed E-state index contributed by atoms with van der Waals surface area (Å²) in [7, 11) is 2.91. The number of methoxy groups -OCH3 is 2. The van der Waals surface area contributed by atoms with Crippen LogP contribution in [0.1, 0.15) is 40.1 Å². The number of carbonyl (C=O) groups excluding carboxylic acids is 2. The summed E-state index contributed by atoms with van der Waals surface area (Å²) in [6.45, 7) is 3.71. The Labute approximate surface area is 162 Å². The molecule has 0 aliphatic heterocycles. The number of benzene rings is 2. The molecule has 2 rings (SSSR count). The average molecular weight is 393 g/mol. The summed E-state index contributed by atoms with van der Waals surface area (Å²) in [5.41, 5.74) is 1.33. The molecule has 6 nitrogen and oxygen atoms in total. The lowest BCUT2D eigenvalue weighted by atomic mass is 10.1. The van der Waals surface area contributed by atoms with Crippen LogP contribution < -0.4 is 14.2 Å². The molecule has 0 N–H and O–H groups in total. The predicted octanol–water partition coefficient (Wildman–Crippen LogP) is 4.32. The Bertz CT molecular complexity index is 847. The van der Waals surface area contributed by atoms with Crippen LogP contribution in [0.4, 0.5) is 0 Å². The third-order valence-corrected chi connectivity index (χ3v) is 4.08. The van der Waals surface area contributed by atoms with Gasteiger partial charge in [-0.1, -0.05) is 11.6 Å². The Morgan fingerprint density at radius 1 is 1.00 bits per heavy atom. The summed E-state index contributed by atoms with van der Waals surface area (Å²) < 4.78 is 21.3. The van der Waals surface area contributed by atoms with Gasteiger partial charge >= 0.3 is 5.97 Å². The van der Waals surface area contributed by atoms with Crippen LogP contribution in [0.3, 0.4) is 0 Å². The molecule has 2 aromatic rings. The van der Waals surface area contributed by atoms with Crippen molar-refractivity contribution in [1.29, 1.82) is 0 Å². The molecule has 144 valence electrons. The van der Waals surface area contributed by atoms with Crippen molar-refractivity contribution in [2.45, 2.75) is 20.5 Å². The van der Waals surface area contributed by atoms with Crippen LogP contribution in [0, 0.1) is 0 Å². The van der Waals surface area contributed by atoms with Crippen LogP contribution >= 0.6 is 11.6 Å². The minimum absolute atomic E-state index is 0.0543. The van der Waals surface area contributed by atoms with E-state index in [9.17, 15) is 9.59 Å². The van der Waals surface area contributed by atoms with Gasteiger partial charge in [-0.05, 0) is 44.2 Å². The van der Waals surface area contributed by atoms with E-state index in [4.69, 9.17) is 30.5 Å². The maximum atomic E-state index is 12.4. The highest BCUT2D eigenvalue weighted by Crippen LogP contribution is 2.36. The van der Waals surface area contributed by atoms with E-state index in [2.05, 4.69) is 0 Å². The van der Waals surface area contributed by atoms with Crippen molar-refractivity contribution < 1.29 is 28.5 Å². The van der Waals surface area contributed by atoms with E-state index in [0.717, 1.165) is 0 Å². The third kappa shape index (κ3) is 4.92. The zero-order valence-corrected chi connectivity index (χ0v) is 16.4. The Morgan fingerprint density at radius 2 is 1.74 bits per heavy atom. The minimum atomic E-state index is -0.589. The molecular weight excluding hydrogens is 372 g/mol. The smallest absolute Gasteiger partial charge is 0.338 e. The number of ether oxygens (including phenoxy) is 4. The minimum Gasteiger partial charge on any atom is -0.493 e. The van der Waals surface area contributed by atoms with E-state index in [0.29, 0.717) is 35.0 Å². The molecule has 0 spiro atoms. The average Bonchev–Trinajstić information content (AvgIpc) is 2.66. The van der Waals surface area contributed by atoms with Gasteiger partial charge in [-0.15, -0.1) is 0 Å². The lowest BCUT2D eigenvalue weighted by Crippen LogP contribution is -2.08. The highest BCUT2D eigenvalue weighted by molar-refractivity contribution is 6.32. The number of rotatable bonds is 8. The van der Waals surface area contributed by atoms with E-state index in [1.165, 1.54) is 33.3 Å². The molecule has 0 heterocycles. The predicted molar refractivity (Wildman–Crippen MR) is 101 cm³/mol. The number of hydrogen-bond donors (Lipinski definition) is 0. The second-order valence-electron chi connectivity index (χ2n) is 5.58. The Hall–Kier alpha value is -2.73. The summed E-state index contributed by atoms with van der Waals surface area (Å²) >= 11 is 6.13. The second kappa shape index (κ2) is 9.28. The fraction of sp³-hybridized carbons (Fsp3) is 0.300. The van der Waals surface area contributed by atoms with Gasteiger partial charge in [-0.25, -0.2) is 4.79 Å². The zero-order valence-electron chi connectivity index (χ0n) is 15.6. The summed E-state index contributed by atoms with van der Waals surface area (Å²) in [4.78, 5) is 24.0. The van der Waals surface area contributed by atoms with Crippen molar-refractivity contribution in [3.63, 3.8) is 0 Å². The molecule has 27 heavy (non-hydrogen) atoms. The molecule has 0 unspecified atom stereocenters. The van der Waals surface area contributed by atoms with E-state index >= 15 is 0 Å². The Balaban J connectivity index is 2.23. The summed E-state index contributed by atoms with van der Waals surface area (Å²) in [5.74, 6) is 0.542. The van der Waals surface area contributed by atoms with Gasteiger partial charge in [0.05, 0.1) is 31.4 Å². The highest BCUT2D eigenvalue weighted by atomic mass is 35.5. The SMILES string of the molecule is CCOc1ccc(C(C)=O)cc1COC(=O)c1cc(Cl)c(OC)c(OC)c1. The van der Waals surface area contributed by atoms with Crippen molar-refractivity contribution in [2.75, 3.05) is 20.8 Å². The van der Waals surface area contributed by atoms with Gasteiger partial charge in [-0.3, -0.25) is 4.79 Å². The topological polar surface area (TPSA) is 71.1 Å². The lowest BCUT2D eigenvalue weighted by molar-refractivity contribution is 0.0469. The van der Waals surface area contributed by atoms with Crippen molar-refractivity contribution >= 4 is 23.4 Å². The lowest BCUT2D eigenvalue weighted by Gasteiger charge is -2.13. The first-order chi connectivity index (χ1) is 12.9. The second-order valence-corrected chi connectivity index (χ2v) is 5.99. The zero-order chi connectivity index (χ0) is 20.0. The molecule has 7 heteroatoms. The summed E-state index contributed by atoms with van der Waals surface area (Å²) in [6.07, 6.45) is 0. The van der Waals surface area contributed by atoms with Crippen molar-refractivity contribution in [1.82, 2.24) is 0 Å². The normalized spacial score (nSPS) is 10.3. The number of esters is 1. The quantitative estimate of drug-likeness (QED) is 0.492. The van der Waals surface area contributed by atoms with Gasteiger partial charge in [0.15, 0.2) is 17.3 Å². The molecule has 0 saturated heterocycles. The fourth-order valence-electron chi connectivity index (χ4n) is 2.47. The molecule has 0 bridgehead atoms. The van der Waals surface area contributed by atoms with E-state index in [1.807, 2.05) is 6.92 Å². The molecule has 0 radical (unpaired) electrons. The number of ketones is 1. The Morgan fingerprint density at radius 3 is 2.33 bits per heavy atom. The molecule has 0 amide bonds. The van der Waals surface area contributed by atoms with Crippen molar-refractivity contribution in [3.8, 4) is 17.2 Å². The van der Waals surface area contributed by atoms with Crippen molar-refractivity contribution in [2.24, 2.45) is 0 Å². The first-order valence-corrected chi connectivity index (χ1v) is 8.64. The van der Waals surface area contributed by atoms with Crippen LogP contribution in [-0.4, -0.2) is 32.6 Å². The van der Waals surface area contributed by atoms with Gasteiger partial charge in [0.2, 0.25) is 0 Å². The van der Waals surface area contributed by atoms with Crippen LogP contribution in [0.25, 0.3) is 0 Å². The Kier molecular flexibility index (Phi) is 7.07. The molecular formula is C20H21ClO6. The molecule has 0 fully saturated rings. The van der Waals surface area contributed by atoms with Crippen molar-refractivity contribution in [3.05, 3.63) is 52.0 Å². The monoisotopic (exact) mass is 392 g/mol. The highest BCUT2D eigenvalue weighted by Gasteiger charge is 2.17. The largest absolute Gasteiger partial charge is 0.493 e. The molecule has 2 aromatic carbocycles. The third-order valence-electron chi connectivity index (χ3n) is 3.79. The van der Waals surface area contributed by atoms with Crippen LogP contribution in [-0.2, 0) is 11.3 Å². The number of Topliss-reactive ketones (excluding diaryl/α,β-unsaturated/α-hetero) is 1. The summed E-state index contributed by atoms with van der Waals surface area (Å²) in [5, 5.41) is 0.234. The number of halogens is 1. The number of hydrogen-bond acceptors (Lipinski definition) is 6. The first-order valence-electron chi connectivity index (χ1n) is 8.26. The molecule has 0 aromatic heterocycles. The van der Waals surface area contributed by atoms with E-state index in [-0.39, 0.29) is 23.0 Å². The molecule has 0 aliphatic carbocycles. The van der Waals surface area contributed by atoms with Gasteiger partial charge in [-0.2, -0.15) is 0 Å². The first kappa shape index (κ1) is 20.6. The van der Waals surface area contributed by atoms with Gasteiger partial charge in [0.25, 0.3) is 0 Å². The van der Waals surface area contributed by atoms with E-state index in [1.54, 1.807) is 18.2 Å². The standard InChI is InChI=1S/C20H21ClO6/c1-5-26-17-7-6-13(12(2)22)8-15(17)11-27-20(23)14-9-16(21)19(25-4)18(10-14)24-3/h6-10H,5,11H2,1-4H3. The molecule has 0 saturated carbocycles. The fourth-order valence-corrected chi connectivity index (χ4v) is 2.76. The van der Waals surface area contributed by atoms with Crippen LogP contribution in [0.5, 0.6) is 17.2 Å². The number of carbonyl (C=O) groups is 2. The van der Waals surface area contributed by atoms with Crippen LogP contribution in [0.15, 0.2) is 30.3 Å². The van der Waals surface area contributed by atoms with Gasteiger partial charge in [0.1, 0.15) is 12.4 Å². The van der Waals surface area contributed by atoms with E-state index < -0.39 is 5.97 Å². The molecule has 0 aliphatic rings. The van der Waals surface area contributed by atoms with Gasteiger partial charge in [0, 0.05) is 11.1 Å². The maximum absolute atomic E-state index is 12.4. The maximum Gasteiger partial charge on any atom is 0.338 e. The van der Waals surface area contributed by atoms with Gasteiger partial charge < -0.3 is 18.9 Å². The van der Waals surface area contributed by atoms with Crippen LogP contribution in [0.2, 0.25) is 5.02 Å². The summed E-state index contributed by atoms with van der Waals surface area (Å²) in [6, 6.07) is 7.95.